The number of benzene rings is 6. The summed E-state index contributed by atoms with van der Waals surface area (Å²) < 4.78 is 8.80. The number of furan rings is 1. The summed E-state index contributed by atoms with van der Waals surface area (Å²) in [5, 5.41) is 4.53. The highest BCUT2D eigenvalue weighted by Gasteiger charge is 2.18. The van der Waals surface area contributed by atoms with Gasteiger partial charge in [0.2, 0.25) is 0 Å². The minimum atomic E-state index is -0.0879. The van der Waals surface area contributed by atoms with Crippen molar-refractivity contribution in [2.45, 2.75) is 13.0 Å². The van der Waals surface area contributed by atoms with E-state index in [4.69, 9.17) is 20.1 Å². The molecule has 0 bridgehead atoms. The molecule has 216 valence electrons. The van der Waals surface area contributed by atoms with Crippen LogP contribution in [0.15, 0.2) is 160 Å². The van der Waals surface area contributed by atoms with Crippen molar-refractivity contribution in [3.05, 3.63) is 162 Å². The quantitative estimate of drug-likeness (QED) is 0.162. The lowest BCUT2D eigenvalue weighted by molar-refractivity contribution is 0.668. The van der Waals surface area contributed by atoms with E-state index in [0.717, 1.165) is 55.3 Å². The van der Waals surface area contributed by atoms with Gasteiger partial charge in [-0.3, -0.25) is 4.99 Å². The fourth-order valence-electron chi connectivity index (χ4n) is 6.26. The summed E-state index contributed by atoms with van der Waals surface area (Å²) in [6.45, 7) is 2.07. The van der Waals surface area contributed by atoms with Crippen LogP contribution in [0.4, 0.5) is 0 Å². The fourth-order valence-corrected chi connectivity index (χ4v) is 6.26. The fraction of sp³-hybridized carbons (Fsp3) is 0.0500. The Morgan fingerprint density at radius 1 is 0.622 bits per heavy atom. The molecule has 45 heavy (non-hydrogen) atoms. The first-order valence-electron chi connectivity index (χ1n) is 15.1. The second kappa shape index (κ2) is 11.0. The van der Waals surface area contributed by atoms with Gasteiger partial charge >= 0.3 is 0 Å². The summed E-state index contributed by atoms with van der Waals surface area (Å²) in [6.07, 6.45) is 0. The normalized spacial score (nSPS) is 13.3. The minimum absolute atomic E-state index is 0.0879. The minimum Gasteiger partial charge on any atom is -0.456 e. The van der Waals surface area contributed by atoms with E-state index in [2.05, 4.69) is 90.4 Å². The van der Waals surface area contributed by atoms with Crippen molar-refractivity contribution in [3.63, 3.8) is 0 Å². The average Bonchev–Trinajstić information content (AvgIpc) is 3.64. The Labute approximate surface area is 260 Å². The molecule has 2 aromatic heterocycles. The van der Waals surface area contributed by atoms with Gasteiger partial charge in [0.25, 0.3) is 0 Å². The first-order chi connectivity index (χ1) is 22.2. The van der Waals surface area contributed by atoms with Crippen molar-refractivity contribution in [2.75, 3.05) is 0 Å². The maximum absolute atomic E-state index is 6.69. The van der Waals surface area contributed by atoms with E-state index in [1.807, 2.05) is 66.7 Å². The standard InChI is InChI=1S/C40H30N4O/c1-26(27-13-4-2-5-14-27)42-40(28-15-6-3-7-16-28)43-39(41)29-23-24-32-37(25-29)45-36-22-12-21-35(38(32)36)44-33-19-10-8-17-30(33)31-18-9-11-20-34(31)44/h2-26H,1H3,(H2,41,42,43). The average molecular weight is 583 g/mol. The monoisotopic (exact) mass is 582 g/mol. The lowest BCUT2D eigenvalue weighted by atomic mass is 10.1. The van der Waals surface area contributed by atoms with E-state index in [0.29, 0.717) is 11.7 Å². The van der Waals surface area contributed by atoms with Gasteiger partial charge in [0.15, 0.2) is 5.84 Å². The van der Waals surface area contributed by atoms with Crippen molar-refractivity contribution >= 4 is 55.4 Å². The maximum Gasteiger partial charge on any atom is 0.157 e. The Bertz CT molecular complexity index is 2350. The smallest absolute Gasteiger partial charge is 0.157 e. The lowest BCUT2D eigenvalue weighted by Gasteiger charge is -2.10. The van der Waals surface area contributed by atoms with E-state index in [9.17, 15) is 0 Å². The number of aromatic nitrogens is 1. The number of fused-ring (bicyclic) bond motifs is 6. The number of nitrogens with zero attached hydrogens (tertiary/aromatic N) is 3. The summed E-state index contributed by atoms with van der Waals surface area (Å²) in [7, 11) is 0. The predicted molar refractivity (Wildman–Crippen MR) is 187 cm³/mol. The molecule has 0 aliphatic rings. The first kappa shape index (κ1) is 26.7. The maximum atomic E-state index is 6.69. The van der Waals surface area contributed by atoms with Gasteiger partial charge in [-0.2, -0.15) is 0 Å². The van der Waals surface area contributed by atoms with Crippen LogP contribution >= 0.6 is 0 Å². The van der Waals surface area contributed by atoms with Crippen molar-refractivity contribution in [1.29, 1.82) is 0 Å². The molecular weight excluding hydrogens is 552 g/mol. The molecule has 0 fully saturated rings. The summed E-state index contributed by atoms with van der Waals surface area (Å²) in [6, 6.07) is 49.5. The Morgan fingerprint density at radius 2 is 1.27 bits per heavy atom. The summed E-state index contributed by atoms with van der Waals surface area (Å²) in [4.78, 5) is 9.86. The van der Waals surface area contributed by atoms with Crippen LogP contribution in [0.1, 0.15) is 29.7 Å². The van der Waals surface area contributed by atoms with Gasteiger partial charge in [-0.1, -0.05) is 109 Å². The summed E-state index contributed by atoms with van der Waals surface area (Å²) in [5.41, 5.74) is 14.4. The van der Waals surface area contributed by atoms with Gasteiger partial charge in [0.05, 0.1) is 28.1 Å². The molecule has 8 aromatic rings. The van der Waals surface area contributed by atoms with Crippen LogP contribution in [-0.2, 0) is 0 Å². The Hall–Kier alpha value is -5.94. The number of nitrogens with two attached hydrogens (primary N) is 1. The molecule has 8 rings (SSSR count). The highest BCUT2D eigenvalue weighted by Crippen LogP contribution is 2.38. The molecule has 0 aliphatic carbocycles. The molecule has 5 nitrogen and oxygen atoms in total. The van der Waals surface area contributed by atoms with Crippen LogP contribution < -0.4 is 5.73 Å². The SMILES string of the molecule is CC(N=C(N=C(N)c1ccc2c(c1)oc1cccc(-n3c4ccccc4c4ccccc43)c12)c1ccccc1)c1ccccc1. The van der Waals surface area contributed by atoms with Gasteiger partial charge in [0, 0.05) is 27.3 Å². The zero-order chi connectivity index (χ0) is 30.3. The third-order valence-electron chi connectivity index (χ3n) is 8.45. The van der Waals surface area contributed by atoms with E-state index in [1.54, 1.807) is 0 Å². The third kappa shape index (κ3) is 4.66. The largest absolute Gasteiger partial charge is 0.456 e. The van der Waals surface area contributed by atoms with Crippen molar-refractivity contribution < 1.29 is 4.42 Å². The summed E-state index contributed by atoms with van der Waals surface area (Å²) in [5.74, 6) is 0.964. The highest BCUT2D eigenvalue weighted by molar-refractivity contribution is 6.16. The molecule has 6 aromatic carbocycles. The number of hydrogen-bond donors (Lipinski definition) is 1. The van der Waals surface area contributed by atoms with Gasteiger partial charge in [-0.25, -0.2) is 4.99 Å². The van der Waals surface area contributed by atoms with Gasteiger partial charge < -0.3 is 14.7 Å². The van der Waals surface area contributed by atoms with Gasteiger partial charge in [-0.15, -0.1) is 0 Å². The van der Waals surface area contributed by atoms with Crippen LogP contribution in [0.5, 0.6) is 0 Å². The molecule has 2 N–H and O–H groups in total. The van der Waals surface area contributed by atoms with Crippen LogP contribution in [0.2, 0.25) is 0 Å². The number of aliphatic imine (C=N–C) groups is 2. The molecule has 5 heteroatoms. The van der Waals surface area contributed by atoms with Crippen LogP contribution in [0.25, 0.3) is 49.4 Å². The molecule has 2 heterocycles. The Morgan fingerprint density at radius 3 is 1.98 bits per heavy atom. The highest BCUT2D eigenvalue weighted by atomic mass is 16.3. The Balaban J connectivity index is 1.25. The zero-order valence-electron chi connectivity index (χ0n) is 24.8. The molecule has 1 atom stereocenters. The van der Waals surface area contributed by atoms with E-state index in [-0.39, 0.29) is 6.04 Å². The lowest BCUT2D eigenvalue weighted by Crippen LogP contribution is -2.16. The molecule has 0 amide bonds. The molecule has 1 unspecified atom stereocenters. The van der Waals surface area contributed by atoms with Crippen molar-refractivity contribution in [2.24, 2.45) is 15.7 Å². The molecule has 0 spiro atoms. The van der Waals surface area contributed by atoms with Crippen molar-refractivity contribution in [3.8, 4) is 5.69 Å². The van der Waals surface area contributed by atoms with E-state index < -0.39 is 0 Å². The van der Waals surface area contributed by atoms with Gasteiger partial charge in [0.1, 0.15) is 17.0 Å². The Kier molecular flexibility index (Phi) is 6.50. The molecule has 0 saturated carbocycles. The first-order valence-corrected chi connectivity index (χ1v) is 15.1. The van der Waals surface area contributed by atoms with Crippen LogP contribution in [-0.4, -0.2) is 16.2 Å². The predicted octanol–water partition coefficient (Wildman–Crippen LogP) is 9.60. The second-order valence-corrected chi connectivity index (χ2v) is 11.2. The molecule has 0 aliphatic heterocycles. The number of rotatable bonds is 5. The molecule has 0 radical (unpaired) electrons. The third-order valence-corrected chi connectivity index (χ3v) is 8.45. The zero-order valence-corrected chi connectivity index (χ0v) is 24.8. The topological polar surface area (TPSA) is 68.8 Å². The number of para-hydroxylation sites is 2. The van der Waals surface area contributed by atoms with E-state index >= 15 is 0 Å². The van der Waals surface area contributed by atoms with Crippen LogP contribution in [0, 0.1) is 0 Å². The summed E-state index contributed by atoms with van der Waals surface area (Å²) >= 11 is 0. The molecule has 0 saturated heterocycles. The van der Waals surface area contributed by atoms with Crippen molar-refractivity contribution in [1.82, 2.24) is 4.57 Å². The number of amidine groups is 2. The number of hydrogen-bond acceptors (Lipinski definition) is 2. The molecular formula is C40H30N4O. The van der Waals surface area contributed by atoms with Gasteiger partial charge in [-0.05, 0) is 48.9 Å². The second-order valence-electron chi connectivity index (χ2n) is 11.2. The van der Waals surface area contributed by atoms with E-state index in [1.165, 1.54) is 10.8 Å². The van der Waals surface area contributed by atoms with Crippen LogP contribution in [0.3, 0.4) is 0 Å².